The van der Waals surface area contributed by atoms with E-state index in [0.29, 0.717) is 11.4 Å². The van der Waals surface area contributed by atoms with Crippen LogP contribution in [-0.4, -0.2) is 27.8 Å². The number of pyridine rings is 1. The Labute approximate surface area is 127 Å². The molecule has 1 amide bonds. The van der Waals surface area contributed by atoms with Crippen molar-refractivity contribution in [2.24, 2.45) is 7.05 Å². The van der Waals surface area contributed by atoms with E-state index in [1.807, 2.05) is 31.2 Å². The van der Waals surface area contributed by atoms with E-state index < -0.39 is 0 Å². The van der Waals surface area contributed by atoms with Crippen LogP contribution in [0.4, 0.5) is 5.69 Å². The maximum absolute atomic E-state index is 12.2. The first-order valence-corrected chi connectivity index (χ1v) is 6.82. The third-order valence-corrected chi connectivity index (χ3v) is 3.50. The predicted octanol–water partition coefficient (Wildman–Crippen LogP) is 2.54. The van der Waals surface area contributed by atoms with Crippen LogP contribution in [0.15, 0.2) is 36.5 Å². The SMILES string of the molecule is COc1ccc2cc(NC(=O)c3cc(C)n(C)n3)cnc2c1. The van der Waals surface area contributed by atoms with E-state index in [9.17, 15) is 4.79 Å². The summed E-state index contributed by atoms with van der Waals surface area (Å²) in [5.41, 5.74) is 2.75. The fourth-order valence-corrected chi connectivity index (χ4v) is 2.16. The molecule has 0 atom stereocenters. The summed E-state index contributed by atoms with van der Waals surface area (Å²) in [4.78, 5) is 16.5. The van der Waals surface area contributed by atoms with Gasteiger partial charge in [-0.1, -0.05) is 0 Å². The largest absolute Gasteiger partial charge is 0.497 e. The average Bonchev–Trinajstić information content (AvgIpc) is 2.86. The molecule has 2 aromatic heterocycles. The van der Waals surface area contributed by atoms with Crippen molar-refractivity contribution in [3.63, 3.8) is 0 Å². The van der Waals surface area contributed by atoms with Gasteiger partial charge in [-0.15, -0.1) is 0 Å². The number of amides is 1. The lowest BCUT2D eigenvalue weighted by Crippen LogP contribution is -2.13. The van der Waals surface area contributed by atoms with E-state index in [-0.39, 0.29) is 5.91 Å². The molecule has 6 heteroatoms. The van der Waals surface area contributed by atoms with Gasteiger partial charge in [0.05, 0.1) is 24.5 Å². The molecular weight excluding hydrogens is 280 g/mol. The van der Waals surface area contributed by atoms with Crippen LogP contribution in [0.1, 0.15) is 16.2 Å². The van der Waals surface area contributed by atoms with E-state index in [4.69, 9.17) is 4.74 Å². The number of carbonyl (C=O) groups is 1. The summed E-state index contributed by atoms with van der Waals surface area (Å²) in [7, 11) is 3.42. The van der Waals surface area contributed by atoms with Gasteiger partial charge in [0, 0.05) is 24.2 Å². The average molecular weight is 296 g/mol. The second kappa shape index (κ2) is 5.48. The standard InChI is InChI=1S/C16H16N4O2/c1-10-6-15(19-20(10)2)16(21)18-12-7-11-4-5-13(22-3)8-14(11)17-9-12/h4-9H,1-3H3,(H,18,21). The van der Waals surface area contributed by atoms with Crippen LogP contribution < -0.4 is 10.1 Å². The molecule has 0 fully saturated rings. The second-order valence-corrected chi connectivity index (χ2v) is 5.03. The Morgan fingerprint density at radius 1 is 1.27 bits per heavy atom. The Kier molecular flexibility index (Phi) is 3.50. The number of methoxy groups -OCH3 is 1. The molecule has 0 saturated heterocycles. The highest BCUT2D eigenvalue weighted by molar-refractivity contribution is 6.03. The number of aryl methyl sites for hydroxylation is 2. The van der Waals surface area contributed by atoms with E-state index in [1.165, 1.54) is 0 Å². The number of nitrogens with zero attached hydrogens (tertiary/aromatic N) is 3. The fourth-order valence-electron chi connectivity index (χ4n) is 2.16. The van der Waals surface area contributed by atoms with Crippen LogP contribution in [0.2, 0.25) is 0 Å². The summed E-state index contributed by atoms with van der Waals surface area (Å²) in [6.07, 6.45) is 1.62. The zero-order chi connectivity index (χ0) is 15.7. The number of hydrogen-bond acceptors (Lipinski definition) is 4. The molecule has 0 unspecified atom stereocenters. The van der Waals surface area contributed by atoms with E-state index in [2.05, 4.69) is 15.4 Å². The molecule has 3 rings (SSSR count). The minimum Gasteiger partial charge on any atom is -0.497 e. The van der Waals surface area contributed by atoms with Crippen molar-refractivity contribution < 1.29 is 9.53 Å². The van der Waals surface area contributed by atoms with Crippen LogP contribution in [0, 0.1) is 6.92 Å². The maximum Gasteiger partial charge on any atom is 0.276 e. The van der Waals surface area contributed by atoms with Crippen LogP contribution in [0.5, 0.6) is 5.75 Å². The third-order valence-electron chi connectivity index (χ3n) is 3.50. The molecule has 6 nitrogen and oxygen atoms in total. The Morgan fingerprint density at radius 2 is 2.09 bits per heavy atom. The maximum atomic E-state index is 12.2. The number of fused-ring (bicyclic) bond motifs is 1. The second-order valence-electron chi connectivity index (χ2n) is 5.03. The number of hydrogen-bond donors (Lipinski definition) is 1. The van der Waals surface area contributed by atoms with Crippen molar-refractivity contribution in [3.05, 3.63) is 47.9 Å². The highest BCUT2D eigenvalue weighted by atomic mass is 16.5. The van der Waals surface area contributed by atoms with E-state index in [0.717, 1.165) is 22.3 Å². The van der Waals surface area contributed by atoms with Gasteiger partial charge in [-0.3, -0.25) is 14.5 Å². The van der Waals surface area contributed by atoms with Gasteiger partial charge in [0.15, 0.2) is 5.69 Å². The molecule has 0 spiro atoms. The lowest BCUT2D eigenvalue weighted by molar-refractivity contribution is 0.102. The first-order chi connectivity index (χ1) is 10.6. The Balaban J connectivity index is 1.86. The summed E-state index contributed by atoms with van der Waals surface area (Å²) >= 11 is 0. The molecule has 112 valence electrons. The molecule has 1 N–H and O–H groups in total. The monoisotopic (exact) mass is 296 g/mol. The molecule has 0 saturated carbocycles. The van der Waals surface area contributed by atoms with Crippen molar-refractivity contribution in [2.45, 2.75) is 6.92 Å². The number of nitrogens with one attached hydrogen (secondary N) is 1. The summed E-state index contributed by atoms with van der Waals surface area (Å²) in [5, 5.41) is 7.90. The normalized spacial score (nSPS) is 10.7. The molecule has 0 radical (unpaired) electrons. The quantitative estimate of drug-likeness (QED) is 0.806. The van der Waals surface area contributed by atoms with Crippen LogP contribution in [0.25, 0.3) is 10.9 Å². The number of benzene rings is 1. The zero-order valence-corrected chi connectivity index (χ0v) is 12.6. The minimum atomic E-state index is -0.252. The molecule has 0 bridgehead atoms. The number of aromatic nitrogens is 3. The van der Waals surface area contributed by atoms with Gasteiger partial charge in [0.25, 0.3) is 5.91 Å². The van der Waals surface area contributed by atoms with Gasteiger partial charge in [-0.05, 0) is 31.2 Å². The van der Waals surface area contributed by atoms with Crippen molar-refractivity contribution in [1.82, 2.24) is 14.8 Å². The number of rotatable bonds is 3. The molecule has 0 aliphatic carbocycles. The van der Waals surface area contributed by atoms with E-state index in [1.54, 1.807) is 31.1 Å². The van der Waals surface area contributed by atoms with E-state index >= 15 is 0 Å². The van der Waals surface area contributed by atoms with Crippen molar-refractivity contribution >= 4 is 22.5 Å². The fraction of sp³-hybridized carbons (Fsp3) is 0.188. The third kappa shape index (κ3) is 2.63. The molecule has 2 heterocycles. The first kappa shape index (κ1) is 14.1. The summed E-state index contributed by atoms with van der Waals surface area (Å²) in [6.45, 7) is 1.90. The molecule has 1 aromatic carbocycles. The molecule has 0 aliphatic heterocycles. The predicted molar refractivity (Wildman–Crippen MR) is 84.2 cm³/mol. The van der Waals surface area contributed by atoms with Gasteiger partial charge < -0.3 is 10.1 Å². The van der Waals surface area contributed by atoms with Gasteiger partial charge in [-0.25, -0.2) is 0 Å². The highest BCUT2D eigenvalue weighted by Crippen LogP contribution is 2.21. The molecule has 3 aromatic rings. The number of carbonyl (C=O) groups excluding carboxylic acids is 1. The van der Waals surface area contributed by atoms with Gasteiger partial charge in [-0.2, -0.15) is 5.10 Å². The first-order valence-electron chi connectivity index (χ1n) is 6.82. The minimum absolute atomic E-state index is 0.252. The highest BCUT2D eigenvalue weighted by Gasteiger charge is 2.11. The Morgan fingerprint density at radius 3 is 2.77 bits per heavy atom. The van der Waals surface area contributed by atoms with Crippen molar-refractivity contribution in [3.8, 4) is 5.75 Å². The van der Waals surface area contributed by atoms with Gasteiger partial charge >= 0.3 is 0 Å². The lowest BCUT2D eigenvalue weighted by atomic mass is 10.2. The number of ether oxygens (including phenoxy) is 1. The zero-order valence-electron chi connectivity index (χ0n) is 12.6. The van der Waals surface area contributed by atoms with Crippen LogP contribution in [0.3, 0.4) is 0 Å². The molecule has 0 aliphatic rings. The summed E-state index contributed by atoms with van der Waals surface area (Å²) in [6, 6.07) is 9.23. The number of anilines is 1. The van der Waals surface area contributed by atoms with Crippen molar-refractivity contribution in [1.29, 1.82) is 0 Å². The smallest absolute Gasteiger partial charge is 0.276 e. The Bertz CT molecular complexity index is 835. The Hall–Kier alpha value is -2.89. The molecule has 22 heavy (non-hydrogen) atoms. The van der Waals surface area contributed by atoms with Gasteiger partial charge in [0.2, 0.25) is 0 Å². The topological polar surface area (TPSA) is 69.0 Å². The summed E-state index contributed by atoms with van der Waals surface area (Å²) in [5.74, 6) is 0.499. The molecular formula is C16H16N4O2. The lowest BCUT2D eigenvalue weighted by Gasteiger charge is -2.06. The summed E-state index contributed by atoms with van der Waals surface area (Å²) < 4.78 is 6.83. The van der Waals surface area contributed by atoms with Crippen molar-refractivity contribution in [2.75, 3.05) is 12.4 Å². The van der Waals surface area contributed by atoms with Crippen LogP contribution in [-0.2, 0) is 7.05 Å². The van der Waals surface area contributed by atoms with Crippen LogP contribution >= 0.6 is 0 Å². The van der Waals surface area contributed by atoms with Gasteiger partial charge in [0.1, 0.15) is 5.75 Å².